The standard InChI is InChI=1S/C17H22F3N5O2/c1-5-24(3)11-22-14-7-15(27-4)13(6-12(14)2)16(26,17(18,19)20)8-25-10-21-9-23-25/h6-7,9-11,26H,5,8H2,1-4H3/b22-11+. The molecule has 0 radical (unpaired) electrons. The van der Waals surface area contributed by atoms with Gasteiger partial charge in [-0.1, -0.05) is 0 Å². The van der Waals surface area contributed by atoms with Crippen LogP contribution < -0.4 is 4.74 Å². The van der Waals surface area contributed by atoms with Gasteiger partial charge in [-0.3, -0.25) is 0 Å². The van der Waals surface area contributed by atoms with E-state index >= 15 is 0 Å². The SMILES string of the molecule is CCN(C)/C=N/c1cc(OC)c(C(O)(Cn2cncn2)C(F)(F)F)cc1C. The second-order valence-corrected chi connectivity index (χ2v) is 6.11. The van der Waals surface area contributed by atoms with Gasteiger partial charge in [0.25, 0.3) is 0 Å². The van der Waals surface area contributed by atoms with Gasteiger partial charge in [-0.05, 0) is 25.5 Å². The van der Waals surface area contributed by atoms with Gasteiger partial charge in [0, 0.05) is 25.2 Å². The first-order chi connectivity index (χ1) is 12.6. The molecule has 0 bridgehead atoms. The van der Waals surface area contributed by atoms with Crippen LogP contribution in [0.5, 0.6) is 5.75 Å². The van der Waals surface area contributed by atoms with Crippen LogP contribution in [0.1, 0.15) is 18.1 Å². The summed E-state index contributed by atoms with van der Waals surface area (Å²) in [5.41, 5.74) is -2.71. The zero-order valence-electron chi connectivity index (χ0n) is 15.5. The van der Waals surface area contributed by atoms with Gasteiger partial charge in [0.05, 0.1) is 25.7 Å². The van der Waals surface area contributed by atoms with Gasteiger partial charge in [0.15, 0.2) is 0 Å². The number of alkyl halides is 3. The van der Waals surface area contributed by atoms with Crippen LogP contribution in [0.3, 0.4) is 0 Å². The van der Waals surface area contributed by atoms with Crippen molar-refractivity contribution in [3.8, 4) is 5.75 Å². The highest BCUT2D eigenvalue weighted by Gasteiger charge is 2.57. The Bertz CT molecular complexity index is 793. The second-order valence-electron chi connectivity index (χ2n) is 6.11. The largest absolute Gasteiger partial charge is 0.496 e. The van der Waals surface area contributed by atoms with Gasteiger partial charge in [0.2, 0.25) is 5.60 Å². The van der Waals surface area contributed by atoms with Gasteiger partial charge in [-0.25, -0.2) is 14.7 Å². The molecule has 2 rings (SSSR count). The van der Waals surface area contributed by atoms with Gasteiger partial charge in [0.1, 0.15) is 18.4 Å². The van der Waals surface area contributed by atoms with Crippen LogP contribution in [-0.2, 0) is 12.1 Å². The van der Waals surface area contributed by atoms with Crippen LogP contribution in [0.2, 0.25) is 0 Å². The maximum atomic E-state index is 13.8. The first kappa shape index (κ1) is 20.7. The Hall–Kier alpha value is -2.62. The molecule has 1 aromatic heterocycles. The third-order valence-corrected chi connectivity index (χ3v) is 4.18. The van der Waals surface area contributed by atoms with Crippen LogP contribution in [-0.4, -0.2) is 58.0 Å². The number of aliphatic hydroxyl groups is 1. The summed E-state index contributed by atoms with van der Waals surface area (Å²) in [5, 5.41) is 14.3. The summed E-state index contributed by atoms with van der Waals surface area (Å²) in [6.07, 6.45) is -1.19. The summed E-state index contributed by atoms with van der Waals surface area (Å²) in [7, 11) is 3.07. The minimum absolute atomic E-state index is 0.119. The molecule has 0 saturated heterocycles. The number of aliphatic imine (C=N–C) groups is 1. The molecule has 27 heavy (non-hydrogen) atoms. The molecule has 148 valence electrons. The van der Waals surface area contributed by atoms with E-state index in [-0.39, 0.29) is 5.75 Å². The Labute approximate surface area is 155 Å². The quantitative estimate of drug-likeness (QED) is 0.586. The van der Waals surface area contributed by atoms with Crippen LogP contribution in [0.4, 0.5) is 18.9 Å². The molecule has 0 spiro atoms. The lowest BCUT2D eigenvalue weighted by Crippen LogP contribution is -2.46. The Kier molecular flexibility index (Phi) is 6.09. The minimum atomic E-state index is -4.97. The number of aromatic nitrogens is 3. The fraction of sp³-hybridized carbons (Fsp3) is 0.471. The number of benzene rings is 1. The lowest BCUT2D eigenvalue weighted by molar-refractivity contribution is -0.273. The molecule has 0 aliphatic rings. The Morgan fingerprint density at radius 1 is 1.37 bits per heavy atom. The van der Waals surface area contributed by atoms with Crippen molar-refractivity contribution in [2.75, 3.05) is 20.7 Å². The van der Waals surface area contributed by atoms with E-state index in [9.17, 15) is 18.3 Å². The number of nitrogens with zero attached hydrogens (tertiary/aromatic N) is 5. The van der Waals surface area contributed by atoms with Crippen molar-refractivity contribution in [1.82, 2.24) is 19.7 Å². The fourth-order valence-electron chi connectivity index (χ4n) is 2.43. The molecule has 1 N–H and O–H groups in total. The number of hydrogen-bond donors (Lipinski definition) is 1. The summed E-state index contributed by atoms with van der Waals surface area (Å²) in [5.74, 6) is -0.119. The summed E-state index contributed by atoms with van der Waals surface area (Å²) >= 11 is 0. The van der Waals surface area contributed by atoms with E-state index in [1.807, 2.05) is 18.9 Å². The lowest BCUT2D eigenvalue weighted by Gasteiger charge is -2.32. The van der Waals surface area contributed by atoms with Crippen LogP contribution in [0, 0.1) is 6.92 Å². The highest BCUT2D eigenvalue weighted by atomic mass is 19.4. The Morgan fingerprint density at radius 2 is 2.07 bits per heavy atom. The predicted octanol–water partition coefficient (Wildman–Crippen LogP) is 2.66. The summed E-state index contributed by atoms with van der Waals surface area (Å²) in [6, 6.07) is 2.62. The Morgan fingerprint density at radius 3 is 2.59 bits per heavy atom. The molecule has 0 aliphatic heterocycles. The van der Waals surface area contributed by atoms with E-state index in [4.69, 9.17) is 4.74 Å². The Balaban J connectivity index is 2.56. The lowest BCUT2D eigenvalue weighted by atomic mass is 9.90. The van der Waals surface area contributed by atoms with E-state index in [0.29, 0.717) is 11.3 Å². The third kappa shape index (κ3) is 4.38. The number of ether oxygens (including phenoxy) is 1. The van der Waals surface area contributed by atoms with Gasteiger partial charge < -0.3 is 14.7 Å². The van der Waals surface area contributed by atoms with E-state index < -0.39 is 23.9 Å². The van der Waals surface area contributed by atoms with Crippen molar-refractivity contribution in [2.24, 2.45) is 4.99 Å². The molecule has 10 heteroatoms. The summed E-state index contributed by atoms with van der Waals surface area (Å²) < 4.78 is 47.5. The zero-order valence-corrected chi connectivity index (χ0v) is 15.5. The normalized spacial score (nSPS) is 14.4. The molecule has 1 aromatic carbocycles. The van der Waals surface area contributed by atoms with Gasteiger partial charge >= 0.3 is 6.18 Å². The van der Waals surface area contributed by atoms with Crippen molar-refractivity contribution in [3.05, 3.63) is 35.9 Å². The molecular weight excluding hydrogens is 363 g/mol. The number of rotatable bonds is 7. The second kappa shape index (κ2) is 7.95. The van der Waals surface area contributed by atoms with Gasteiger partial charge in [-0.2, -0.15) is 18.3 Å². The number of methoxy groups -OCH3 is 1. The smallest absolute Gasteiger partial charge is 0.423 e. The zero-order chi connectivity index (χ0) is 20.2. The average Bonchev–Trinajstić information content (AvgIpc) is 3.11. The molecule has 0 fully saturated rings. The molecular formula is C17H22F3N5O2. The minimum Gasteiger partial charge on any atom is -0.496 e. The van der Waals surface area contributed by atoms with Gasteiger partial charge in [-0.15, -0.1) is 0 Å². The molecule has 0 saturated carbocycles. The van der Waals surface area contributed by atoms with Crippen molar-refractivity contribution in [2.45, 2.75) is 32.2 Å². The maximum absolute atomic E-state index is 13.8. The predicted molar refractivity (Wildman–Crippen MR) is 94.2 cm³/mol. The average molecular weight is 385 g/mol. The van der Waals surface area contributed by atoms with Crippen molar-refractivity contribution in [3.63, 3.8) is 0 Å². The van der Waals surface area contributed by atoms with Crippen molar-refractivity contribution < 1.29 is 23.0 Å². The fourth-order valence-corrected chi connectivity index (χ4v) is 2.43. The first-order valence-electron chi connectivity index (χ1n) is 8.17. The third-order valence-electron chi connectivity index (χ3n) is 4.18. The molecule has 2 aromatic rings. The molecule has 1 heterocycles. The van der Waals surface area contributed by atoms with E-state index in [1.165, 1.54) is 19.2 Å². The molecule has 0 aliphatic carbocycles. The van der Waals surface area contributed by atoms with E-state index in [0.717, 1.165) is 23.9 Å². The monoisotopic (exact) mass is 385 g/mol. The van der Waals surface area contributed by atoms with Crippen LogP contribution in [0.25, 0.3) is 0 Å². The highest BCUT2D eigenvalue weighted by Crippen LogP contribution is 2.45. The number of halogens is 3. The van der Waals surface area contributed by atoms with E-state index in [1.54, 1.807) is 13.3 Å². The maximum Gasteiger partial charge on any atom is 0.423 e. The molecule has 0 amide bonds. The summed E-state index contributed by atoms with van der Waals surface area (Å²) in [4.78, 5) is 9.72. The van der Waals surface area contributed by atoms with E-state index in [2.05, 4.69) is 15.1 Å². The van der Waals surface area contributed by atoms with Crippen molar-refractivity contribution >= 4 is 12.0 Å². The van der Waals surface area contributed by atoms with Crippen LogP contribution >= 0.6 is 0 Å². The first-order valence-corrected chi connectivity index (χ1v) is 8.17. The number of aryl methyl sites for hydroxylation is 1. The number of hydrogen-bond acceptors (Lipinski definition) is 5. The van der Waals surface area contributed by atoms with Crippen LogP contribution in [0.15, 0.2) is 29.8 Å². The molecule has 1 atom stereocenters. The summed E-state index contributed by atoms with van der Waals surface area (Å²) in [6.45, 7) is 3.43. The highest BCUT2D eigenvalue weighted by molar-refractivity contribution is 5.65. The molecule has 1 unspecified atom stereocenters. The topological polar surface area (TPSA) is 75.8 Å². The van der Waals surface area contributed by atoms with Crippen molar-refractivity contribution in [1.29, 1.82) is 0 Å². The molecule has 7 nitrogen and oxygen atoms in total.